The number of carbonyl (C=O) groups is 1. The lowest BCUT2D eigenvalue weighted by molar-refractivity contribution is -0.129. The standard InChI is InChI=1S/C14H22N2O3S/c1-4-16(12-14(17)15(2)3)10-11-20(18,19)13-8-6-5-7-9-13/h5-9H,4,10-12H2,1-3H3. The Labute approximate surface area is 121 Å². The van der Waals surface area contributed by atoms with Crippen LogP contribution in [0, 0.1) is 0 Å². The van der Waals surface area contributed by atoms with Crippen molar-refractivity contribution in [3.05, 3.63) is 30.3 Å². The first-order valence-electron chi connectivity index (χ1n) is 6.57. The van der Waals surface area contributed by atoms with Crippen molar-refractivity contribution in [2.24, 2.45) is 0 Å². The second-order valence-corrected chi connectivity index (χ2v) is 6.90. The molecule has 0 aliphatic rings. The van der Waals surface area contributed by atoms with Crippen LogP contribution in [0.25, 0.3) is 0 Å². The third-order valence-electron chi connectivity index (χ3n) is 3.08. The molecular formula is C14H22N2O3S. The summed E-state index contributed by atoms with van der Waals surface area (Å²) < 4.78 is 24.3. The number of hydrogen-bond acceptors (Lipinski definition) is 4. The van der Waals surface area contributed by atoms with Gasteiger partial charge in [0.05, 0.1) is 17.2 Å². The van der Waals surface area contributed by atoms with Crippen LogP contribution >= 0.6 is 0 Å². The summed E-state index contributed by atoms with van der Waals surface area (Å²) in [6.07, 6.45) is 0. The van der Waals surface area contributed by atoms with Crippen LogP contribution in [0.1, 0.15) is 6.92 Å². The molecule has 1 rings (SSSR count). The molecule has 0 fully saturated rings. The molecule has 20 heavy (non-hydrogen) atoms. The quantitative estimate of drug-likeness (QED) is 0.749. The van der Waals surface area contributed by atoms with E-state index in [2.05, 4.69) is 0 Å². The van der Waals surface area contributed by atoms with Crippen molar-refractivity contribution in [1.29, 1.82) is 0 Å². The van der Waals surface area contributed by atoms with Gasteiger partial charge in [-0.15, -0.1) is 0 Å². The molecule has 0 heterocycles. The van der Waals surface area contributed by atoms with Gasteiger partial charge >= 0.3 is 0 Å². The monoisotopic (exact) mass is 298 g/mol. The van der Waals surface area contributed by atoms with Gasteiger partial charge in [0.1, 0.15) is 0 Å². The predicted molar refractivity (Wildman–Crippen MR) is 79.3 cm³/mol. The summed E-state index contributed by atoms with van der Waals surface area (Å²) in [5, 5.41) is 0. The van der Waals surface area contributed by atoms with E-state index in [4.69, 9.17) is 0 Å². The molecule has 0 aliphatic carbocycles. The van der Waals surface area contributed by atoms with Crippen LogP contribution in [0.5, 0.6) is 0 Å². The SMILES string of the molecule is CCN(CCS(=O)(=O)c1ccccc1)CC(=O)N(C)C. The second kappa shape index (κ2) is 7.40. The van der Waals surface area contributed by atoms with Gasteiger partial charge in [-0.3, -0.25) is 9.69 Å². The van der Waals surface area contributed by atoms with Gasteiger partial charge < -0.3 is 4.90 Å². The highest BCUT2D eigenvalue weighted by molar-refractivity contribution is 7.91. The molecule has 0 aromatic heterocycles. The summed E-state index contributed by atoms with van der Waals surface area (Å²) >= 11 is 0. The Bertz CT molecular complexity index is 527. The van der Waals surface area contributed by atoms with Crippen LogP contribution in [-0.2, 0) is 14.6 Å². The fourth-order valence-electron chi connectivity index (χ4n) is 1.68. The van der Waals surface area contributed by atoms with Crippen molar-refractivity contribution in [3.63, 3.8) is 0 Å². The second-order valence-electron chi connectivity index (χ2n) is 4.79. The Balaban J connectivity index is 2.62. The number of rotatable bonds is 7. The topological polar surface area (TPSA) is 57.7 Å². The molecule has 5 nitrogen and oxygen atoms in total. The Morgan fingerprint density at radius 1 is 1.15 bits per heavy atom. The molecule has 112 valence electrons. The van der Waals surface area contributed by atoms with E-state index >= 15 is 0 Å². The zero-order valence-electron chi connectivity index (χ0n) is 12.2. The average molecular weight is 298 g/mol. The largest absolute Gasteiger partial charge is 0.348 e. The van der Waals surface area contributed by atoms with E-state index in [1.807, 2.05) is 11.8 Å². The summed E-state index contributed by atoms with van der Waals surface area (Å²) in [5.74, 6) is -0.00471. The number of amides is 1. The van der Waals surface area contributed by atoms with Crippen molar-refractivity contribution < 1.29 is 13.2 Å². The van der Waals surface area contributed by atoms with E-state index in [1.165, 1.54) is 4.90 Å². The first kappa shape index (κ1) is 16.7. The van der Waals surface area contributed by atoms with E-state index < -0.39 is 9.84 Å². The van der Waals surface area contributed by atoms with E-state index in [0.717, 1.165) is 0 Å². The number of carbonyl (C=O) groups excluding carboxylic acids is 1. The van der Waals surface area contributed by atoms with Gasteiger partial charge in [-0.05, 0) is 18.7 Å². The molecule has 0 saturated carbocycles. The zero-order valence-corrected chi connectivity index (χ0v) is 13.1. The van der Waals surface area contributed by atoms with Crippen LogP contribution in [-0.4, -0.2) is 63.6 Å². The highest BCUT2D eigenvalue weighted by Gasteiger charge is 2.17. The number of hydrogen-bond donors (Lipinski definition) is 0. The Kier molecular flexibility index (Phi) is 6.16. The summed E-state index contributed by atoms with van der Waals surface area (Å²) in [5.41, 5.74) is 0. The van der Waals surface area contributed by atoms with Crippen molar-refractivity contribution in [2.45, 2.75) is 11.8 Å². The smallest absolute Gasteiger partial charge is 0.236 e. The number of sulfone groups is 1. The molecule has 0 bridgehead atoms. The molecular weight excluding hydrogens is 276 g/mol. The minimum atomic E-state index is -3.29. The lowest BCUT2D eigenvalue weighted by Gasteiger charge is -2.21. The molecule has 6 heteroatoms. The van der Waals surface area contributed by atoms with E-state index in [-0.39, 0.29) is 18.2 Å². The lowest BCUT2D eigenvalue weighted by Crippen LogP contribution is -2.38. The summed E-state index contributed by atoms with van der Waals surface area (Å²) in [6, 6.07) is 8.39. The molecule has 0 unspecified atom stereocenters. The fraction of sp³-hybridized carbons (Fsp3) is 0.500. The summed E-state index contributed by atoms with van der Waals surface area (Å²) in [7, 11) is 0.0947. The molecule has 0 atom stereocenters. The van der Waals surface area contributed by atoms with Crippen molar-refractivity contribution in [1.82, 2.24) is 9.80 Å². The molecule has 0 N–H and O–H groups in total. The van der Waals surface area contributed by atoms with Crippen LogP contribution < -0.4 is 0 Å². The Morgan fingerprint density at radius 3 is 2.25 bits per heavy atom. The zero-order chi connectivity index (χ0) is 15.2. The minimum absolute atomic E-state index is 0.0194. The first-order valence-corrected chi connectivity index (χ1v) is 8.22. The molecule has 0 saturated heterocycles. The molecule has 1 aromatic carbocycles. The van der Waals surface area contributed by atoms with Crippen molar-refractivity contribution in [2.75, 3.05) is 39.5 Å². The highest BCUT2D eigenvalue weighted by atomic mass is 32.2. The average Bonchev–Trinajstić information content (AvgIpc) is 2.44. The van der Waals surface area contributed by atoms with Gasteiger partial charge in [-0.1, -0.05) is 25.1 Å². The lowest BCUT2D eigenvalue weighted by atomic mass is 10.4. The molecule has 0 aliphatic heterocycles. The Morgan fingerprint density at radius 2 is 1.75 bits per heavy atom. The third kappa shape index (κ3) is 4.94. The number of likely N-dealkylation sites (N-methyl/N-ethyl adjacent to an activating group) is 2. The first-order chi connectivity index (χ1) is 9.36. The van der Waals surface area contributed by atoms with Crippen LogP contribution in [0.15, 0.2) is 35.2 Å². The maximum atomic E-state index is 12.2. The molecule has 0 radical (unpaired) electrons. The van der Waals surface area contributed by atoms with Crippen molar-refractivity contribution in [3.8, 4) is 0 Å². The molecule has 1 aromatic rings. The number of benzene rings is 1. The van der Waals surface area contributed by atoms with E-state index in [9.17, 15) is 13.2 Å². The fourth-order valence-corrected chi connectivity index (χ4v) is 2.98. The maximum absolute atomic E-state index is 12.2. The predicted octanol–water partition coefficient (Wildman–Crippen LogP) is 0.870. The van der Waals surface area contributed by atoms with Crippen LogP contribution in [0.3, 0.4) is 0 Å². The van der Waals surface area contributed by atoms with Gasteiger partial charge in [-0.2, -0.15) is 0 Å². The van der Waals surface area contributed by atoms with E-state index in [1.54, 1.807) is 44.4 Å². The summed E-state index contributed by atoms with van der Waals surface area (Å²) in [4.78, 5) is 15.3. The number of nitrogens with zero attached hydrogens (tertiary/aromatic N) is 2. The van der Waals surface area contributed by atoms with Crippen LogP contribution in [0.2, 0.25) is 0 Å². The van der Waals surface area contributed by atoms with Gasteiger partial charge in [0, 0.05) is 20.6 Å². The van der Waals surface area contributed by atoms with Crippen LogP contribution in [0.4, 0.5) is 0 Å². The summed E-state index contributed by atoms with van der Waals surface area (Å²) in [6.45, 7) is 3.16. The normalized spacial score (nSPS) is 11.6. The maximum Gasteiger partial charge on any atom is 0.236 e. The van der Waals surface area contributed by atoms with Crippen molar-refractivity contribution >= 4 is 15.7 Å². The van der Waals surface area contributed by atoms with E-state index in [0.29, 0.717) is 18.0 Å². The van der Waals surface area contributed by atoms with Gasteiger partial charge in [0.25, 0.3) is 0 Å². The van der Waals surface area contributed by atoms with Gasteiger partial charge in [0.2, 0.25) is 5.91 Å². The third-order valence-corrected chi connectivity index (χ3v) is 4.79. The highest BCUT2D eigenvalue weighted by Crippen LogP contribution is 2.10. The molecule has 1 amide bonds. The Hall–Kier alpha value is -1.40. The van der Waals surface area contributed by atoms with Gasteiger partial charge in [-0.25, -0.2) is 8.42 Å². The minimum Gasteiger partial charge on any atom is -0.348 e. The van der Waals surface area contributed by atoms with Gasteiger partial charge in [0.15, 0.2) is 9.84 Å². The molecule has 0 spiro atoms.